The predicted molar refractivity (Wildman–Crippen MR) is 134 cm³/mol. The molecule has 0 spiro atoms. The van der Waals surface area contributed by atoms with Crippen LogP contribution in [0.4, 0.5) is 0 Å². The van der Waals surface area contributed by atoms with Crippen molar-refractivity contribution in [2.45, 2.75) is 69.9 Å². The monoisotopic (exact) mass is 511 g/mol. The molecular formula is C26H35Cl2NO5. The zero-order chi connectivity index (χ0) is 24.7. The second-order valence-corrected chi connectivity index (χ2v) is 10.5. The first-order valence-corrected chi connectivity index (χ1v) is 13.0. The molecule has 0 amide bonds. The maximum atomic E-state index is 9.55. The van der Waals surface area contributed by atoms with E-state index in [0.717, 1.165) is 30.2 Å². The summed E-state index contributed by atoms with van der Waals surface area (Å²) >= 11 is 12.2. The van der Waals surface area contributed by atoms with Crippen molar-refractivity contribution in [2.75, 3.05) is 13.7 Å². The van der Waals surface area contributed by atoms with E-state index in [9.17, 15) is 9.59 Å². The van der Waals surface area contributed by atoms with Gasteiger partial charge in [0, 0.05) is 36.2 Å². The fourth-order valence-corrected chi connectivity index (χ4v) is 6.32. The minimum atomic E-state index is -1.26. The first-order valence-electron chi connectivity index (χ1n) is 12.2. The fourth-order valence-electron chi connectivity index (χ4n) is 6.03. The molecule has 1 aliphatic carbocycles. The van der Waals surface area contributed by atoms with Gasteiger partial charge in [-0.3, -0.25) is 0 Å². The Hall–Kier alpha value is -1.76. The van der Waals surface area contributed by atoms with Crippen LogP contribution in [0.2, 0.25) is 10.0 Å². The number of aliphatic carboxylic acids is 2. The van der Waals surface area contributed by atoms with Crippen molar-refractivity contribution < 1.29 is 24.5 Å². The molecule has 2 aliphatic heterocycles. The highest BCUT2D eigenvalue weighted by atomic mass is 35.5. The van der Waals surface area contributed by atoms with Gasteiger partial charge < -0.3 is 19.8 Å². The van der Waals surface area contributed by atoms with Gasteiger partial charge in [-0.15, -0.1) is 0 Å². The number of nitrogens with zero attached hydrogens (tertiary/aromatic N) is 1. The van der Waals surface area contributed by atoms with E-state index < -0.39 is 11.9 Å². The van der Waals surface area contributed by atoms with Gasteiger partial charge in [-0.25, -0.2) is 9.59 Å². The van der Waals surface area contributed by atoms with Crippen molar-refractivity contribution in [1.82, 2.24) is 4.90 Å². The topological polar surface area (TPSA) is 87.1 Å². The van der Waals surface area contributed by atoms with Crippen LogP contribution in [0.1, 0.15) is 57.8 Å². The number of halogens is 2. The van der Waals surface area contributed by atoms with Crippen molar-refractivity contribution in [3.05, 3.63) is 40.4 Å². The van der Waals surface area contributed by atoms with Crippen molar-refractivity contribution >= 4 is 35.1 Å². The van der Waals surface area contributed by atoms with Gasteiger partial charge in [0.2, 0.25) is 0 Å². The zero-order valence-corrected chi connectivity index (χ0v) is 21.2. The summed E-state index contributed by atoms with van der Waals surface area (Å²) in [4.78, 5) is 21.8. The molecule has 8 heteroatoms. The molecule has 0 aromatic heterocycles. The summed E-state index contributed by atoms with van der Waals surface area (Å²) in [5, 5.41) is 16.8. The molecule has 0 radical (unpaired) electrons. The van der Waals surface area contributed by atoms with Gasteiger partial charge in [0.05, 0.1) is 16.7 Å². The molecule has 3 fully saturated rings. The van der Waals surface area contributed by atoms with Crippen molar-refractivity contribution in [3.63, 3.8) is 0 Å². The summed E-state index contributed by atoms with van der Waals surface area (Å²) in [7, 11) is 2.33. The molecule has 188 valence electrons. The second-order valence-electron chi connectivity index (χ2n) is 9.68. The maximum absolute atomic E-state index is 9.55. The number of hydrogen-bond acceptors (Lipinski definition) is 4. The van der Waals surface area contributed by atoms with Gasteiger partial charge >= 0.3 is 11.9 Å². The van der Waals surface area contributed by atoms with Gasteiger partial charge in [0.25, 0.3) is 0 Å². The number of piperidine rings is 1. The Balaban J connectivity index is 0.000000350. The van der Waals surface area contributed by atoms with E-state index in [1.54, 1.807) is 0 Å². The van der Waals surface area contributed by atoms with Crippen LogP contribution in [0.5, 0.6) is 5.75 Å². The van der Waals surface area contributed by atoms with E-state index in [1.165, 1.54) is 57.8 Å². The van der Waals surface area contributed by atoms with E-state index in [-0.39, 0.29) is 0 Å². The molecule has 1 saturated carbocycles. The average Bonchev–Trinajstić information content (AvgIpc) is 2.99. The highest BCUT2D eigenvalue weighted by Crippen LogP contribution is 2.47. The molecule has 1 aromatic rings. The number of ether oxygens (including phenoxy) is 1. The normalized spacial score (nSPS) is 27.6. The molecule has 2 bridgehead atoms. The number of carboxylic acids is 2. The molecule has 2 N–H and O–H groups in total. The lowest BCUT2D eigenvalue weighted by molar-refractivity contribution is -0.134. The van der Waals surface area contributed by atoms with E-state index in [1.807, 2.05) is 18.2 Å². The van der Waals surface area contributed by atoms with Crippen LogP contribution in [0.15, 0.2) is 30.4 Å². The Morgan fingerprint density at radius 1 is 1.00 bits per heavy atom. The van der Waals surface area contributed by atoms with Crippen molar-refractivity contribution in [3.8, 4) is 5.75 Å². The number of carboxylic acid groups (broad SMARTS) is 2. The van der Waals surface area contributed by atoms with E-state index >= 15 is 0 Å². The first kappa shape index (κ1) is 26.8. The molecule has 4 atom stereocenters. The minimum absolute atomic E-state index is 0.558. The molecule has 34 heavy (non-hydrogen) atoms. The molecule has 6 nitrogen and oxygen atoms in total. The van der Waals surface area contributed by atoms with Crippen molar-refractivity contribution in [2.24, 2.45) is 17.8 Å². The van der Waals surface area contributed by atoms with Crippen LogP contribution in [-0.2, 0) is 9.59 Å². The summed E-state index contributed by atoms with van der Waals surface area (Å²) in [5.41, 5.74) is 0. The van der Waals surface area contributed by atoms with Gasteiger partial charge in [-0.05, 0) is 50.3 Å². The van der Waals surface area contributed by atoms with Crippen LogP contribution in [-0.4, -0.2) is 52.8 Å². The Morgan fingerprint density at radius 2 is 1.65 bits per heavy atom. The number of fused-ring (bicyclic) bond motifs is 2. The van der Waals surface area contributed by atoms with Crippen LogP contribution in [0.25, 0.3) is 0 Å². The summed E-state index contributed by atoms with van der Waals surface area (Å²) in [6.45, 7) is 0.806. The van der Waals surface area contributed by atoms with Gasteiger partial charge in [0.1, 0.15) is 5.75 Å². The van der Waals surface area contributed by atoms with Crippen LogP contribution >= 0.6 is 23.2 Å². The molecule has 2 saturated heterocycles. The van der Waals surface area contributed by atoms with Gasteiger partial charge in [0.15, 0.2) is 0 Å². The Morgan fingerprint density at radius 3 is 2.24 bits per heavy atom. The lowest BCUT2D eigenvalue weighted by Crippen LogP contribution is -2.50. The maximum Gasteiger partial charge on any atom is 0.328 e. The van der Waals surface area contributed by atoms with Gasteiger partial charge in [-0.1, -0.05) is 61.7 Å². The third kappa shape index (κ3) is 7.37. The van der Waals surface area contributed by atoms with Crippen LogP contribution in [0.3, 0.4) is 0 Å². The molecule has 2 heterocycles. The largest absolute Gasteiger partial charge is 0.493 e. The lowest BCUT2D eigenvalue weighted by Gasteiger charge is -2.46. The summed E-state index contributed by atoms with van der Waals surface area (Å²) in [6, 6.07) is 7.12. The number of carbonyl (C=O) groups is 2. The highest BCUT2D eigenvalue weighted by Gasteiger charge is 2.47. The standard InChI is InChI=1S/C22H31Cl2NO.C4H4O4/c1-25-16-8-11-22(25)19(14-26-17-9-10-20(23)21(24)13-17)18(12-16)15-6-4-2-3-5-7-15;5-3(6)1-2-4(7)8/h9-10,13,15-16,18-19,22H,2-8,11-12,14H2,1H3;1-2H,(H,5,6)(H,7,8)/b;2-1+/t16?,18-,19+,22?;/m0./s1. The van der Waals surface area contributed by atoms with Crippen LogP contribution in [0, 0.1) is 17.8 Å². The zero-order valence-electron chi connectivity index (χ0n) is 19.7. The minimum Gasteiger partial charge on any atom is -0.493 e. The summed E-state index contributed by atoms with van der Waals surface area (Å²) in [6.07, 6.45) is 13.7. The third-order valence-corrected chi connectivity index (χ3v) is 8.43. The van der Waals surface area contributed by atoms with Gasteiger partial charge in [-0.2, -0.15) is 0 Å². The highest BCUT2D eigenvalue weighted by molar-refractivity contribution is 6.42. The molecular weight excluding hydrogens is 477 g/mol. The lowest BCUT2D eigenvalue weighted by atomic mass is 9.71. The average molecular weight is 512 g/mol. The fraction of sp³-hybridized carbons (Fsp3) is 0.615. The second kappa shape index (κ2) is 12.8. The third-order valence-electron chi connectivity index (χ3n) is 7.69. The smallest absolute Gasteiger partial charge is 0.328 e. The summed E-state index contributed by atoms with van der Waals surface area (Å²) in [5.74, 6) is 0.694. The number of rotatable bonds is 6. The summed E-state index contributed by atoms with van der Waals surface area (Å²) < 4.78 is 6.26. The quantitative estimate of drug-likeness (QED) is 0.351. The molecule has 4 rings (SSSR count). The number of benzene rings is 1. The Kier molecular flexibility index (Phi) is 10.1. The van der Waals surface area contributed by atoms with E-state index in [0.29, 0.717) is 34.2 Å². The predicted octanol–water partition coefficient (Wildman–Crippen LogP) is 6.15. The van der Waals surface area contributed by atoms with Crippen molar-refractivity contribution in [1.29, 1.82) is 0 Å². The Labute approximate surface area is 211 Å². The number of hydrogen-bond donors (Lipinski definition) is 2. The first-order chi connectivity index (χ1) is 16.3. The molecule has 3 aliphatic rings. The van der Waals surface area contributed by atoms with E-state index in [2.05, 4.69) is 11.9 Å². The Bertz CT molecular complexity index is 853. The SMILES string of the molecule is CN1C2CCC1[C@H](COc1ccc(Cl)c(Cl)c1)[C@H](C1CCCCCC1)C2.O=C(O)/C=C/C(=O)O. The molecule has 1 aromatic carbocycles. The molecule has 2 unspecified atom stereocenters. The van der Waals surface area contributed by atoms with E-state index in [4.69, 9.17) is 38.2 Å². The van der Waals surface area contributed by atoms with Crippen LogP contribution < -0.4 is 4.74 Å².